The molecule has 0 aliphatic heterocycles. The highest BCUT2D eigenvalue weighted by atomic mass is 16.1. The van der Waals surface area contributed by atoms with Crippen molar-refractivity contribution in [2.75, 3.05) is 0 Å². The number of aromatic nitrogens is 2. The van der Waals surface area contributed by atoms with Gasteiger partial charge in [-0.3, -0.25) is 9.59 Å². The number of carbonyl (C=O) groups excluding carboxylic acids is 1. The zero-order chi connectivity index (χ0) is 19.1. The van der Waals surface area contributed by atoms with E-state index in [1.54, 1.807) is 6.92 Å². The number of aryl methyl sites for hydroxylation is 2. The zero-order valence-corrected chi connectivity index (χ0v) is 15.3. The summed E-state index contributed by atoms with van der Waals surface area (Å²) in [6.45, 7) is 1.75. The highest BCUT2D eigenvalue weighted by Crippen LogP contribution is 2.17. The smallest absolute Gasteiger partial charge is 0.251 e. The van der Waals surface area contributed by atoms with Crippen molar-refractivity contribution in [2.45, 2.75) is 32.2 Å². The summed E-state index contributed by atoms with van der Waals surface area (Å²) in [6.07, 6.45) is 1.57. The Balaban J connectivity index is 1.72. The number of benzene rings is 2. The lowest BCUT2D eigenvalue weighted by atomic mass is 10.0. The quantitative estimate of drug-likeness (QED) is 0.679. The minimum atomic E-state index is -0.233. The van der Waals surface area contributed by atoms with Gasteiger partial charge in [0, 0.05) is 18.9 Å². The van der Waals surface area contributed by atoms with Gasteiger partial charge in [0.2, 0.25) is 5.91 Å². The van der Waals surface area contributed by atoms with E-state index in [4.69, 9.17) is 0 Å². The van der Waals surface area contributed by atoms with Gasteiger partial charge < -0.3 is 10.3 Å². The Morgan fingerprint density at radius 2 is 1.74 bits per heavy atom. The Morgan fingerprint density at radius 1 is 1.07 bits per heavy atom. The third-order valence-corrected chi connectivity index (χ3v) is 4.35. The van der Waals surface area contributed by atoms with E-state index in [1.807, 2.05) is 60.7 Å². The summed E-state index contributed by atoms with van der Waals surface area (Å²) in [5, 5.41) is 3.10. The van der Waals surface area contributed by atoms with E-state index in [9.17, 15) is 9.59 Å². The number of rotatable bonds is 7. The monoisotopic (exact) mass is 361 g/mol. The Hall–Kier alpha value is -3.21. The first kappa shape index (κ1) is 18.6. The molecular formula is C22H23N3O2. The second kappa shape index (κ2) is 8.94. The van der Waals surface area contributed by atoms with Crippen LogP contribution in [0.25, 0.3) is 0 Å². The molecule has 27 heavy (non-hydrogen) atoms. The number of hydrogen-bond acceptors (Lipinski definition) is 3. The van der Waals surface area contributed by atoms with Crippen LogP contribution in [0.4, 0.5) is 0 Å². The number of hydrogen-bond donors (Lipinski definition) is 2. The summed E-state index contributed by atoms with van der Waals surface area (Å²) in [4.78, 5) is 31.3. The van der Waals surface area contributed by atoms with Gasteiger partial charge in [-0.05, 0) is 24.5 Å². The van der Waals surface area contributed by atoms with E-state index in [0.717, 1.165) is 11.1 Å². The van der Waals surface area contributed by atoms with Gasteiger partial charge in [0.25, 0.3) is 5.56 Å². The Kier molecular flexibility index (Phi) is 6.15. The predicted octanol–water partition coefficient (Wildman–Crippen LogP) is 3.11. The van der Waals surface area contributed by atoms with E-state index in [-0.39, 0.29) is 17.5 Å². The molecule has 138 valence electrons. The molecule has 5 nitrogen and oxygen atoms in total. The fraction of sp³-hybridized carbons (Fsp3) is 0.227. The highest BCUT2D eigenvalue weighted by Gasteiger charge is 2.16. The maximum absolute atomic E-state index is 12.5. The van der Waals surface area contributed by atoms with Crippen molar-refractivity contribution in [2.24, 2.45) is 0 Å². The summed E-state index contributed by atoms with van der Waals surface area (Å²) >= 11 is 0. The topological polar surface area (TPSA) is 74.8 Å². The van der Waals surface area contributed by atoms with Crippen molar-refractivity contribution in [3.8, 4) is 0 Å². The molecule has 0 radical (unpaired) electrons. The minimum absolute atomic E-state index is 0.0192. The van der Waals surface area contributed by atoms with Crippen LogP contribution in [0.1, 0.15) is 35.1 Å². The molecule has 5 heteroatoms. The maximum Gasteiger partial charge on any atom is 0.251 e. The lowest BCUT2D eigenvalue weighted by Crippen LogP contribution is -2.30. The van der Waals surface area contributed by atoms with Gasteiger partial charge in [0.05, 0.1) is 11.7 Å². The van der Waals surface area contributed by atoms with Crippen LogP contribution in [0, 0.1) is 6.92 Å². The summed E-state index contributed by atoms with van der Waals surface area (Å²) in [6, 6.07) is 21.0. The second-order valence-electron chi connectivity index (χ2n) is 6.54. The van der Waals surface area contributed by atoms with Crippen LogP contribution in [0.5, 0.6) is 0 Å². The Labute approximate surface area is 158 Å². The molecule has 0 unspecified atom stereocenters. The molecule has 2 N–H and O–H groups in total. The number of carbonyl (C=O) groups is 1. The Morgan fingerprint density at radius 3 is 2.41 bits per heavy atom. The predicted molar refractivity (Wildman–Crippen MR) is 105 cm³/mol. The van der Waals surface area contributed by atoms with Gasteiger partial charge >= 0.3 is 0 Å². The van der Waals surface area contributed by atoms with E-state index in [2.05, 4.69) is 15.3 Å². The van der Waals surface area contributed by atoms with Crippen molar-refractivity contribution in [3.05, 3.63) is 99.7 Å². The number of H-pyrrole nitrogens is 1. The Bertz CT molecular complexity index is 937. The number of nitrogens with zero attached hydrogens (tertiary/aromatic N) is 1. The van der Waals surface area contributed by atoms with E-state index < -0.39 is 0 Å². The molecule has 2 aromatic carbocycles. The van der Waals surface area contributed by atoms with Crippen LogP contribution in [-0.4, -0.2) is 15.9 Å². The van der Waals surface area contributed by atoms with Crippen LogP contribution in [-0.2, 0) is 17.6 Å². The molecule has 1 amide bonds. The summed E-state index contributed by atoms with van der Waals surface area (Å²) in [5.74, 6) is 0.550. The van der Waals surface area contributed by atoms with Crippen molar-refractivity contribution in [1.29, 1.82) is 0 Å². The van der Waals surface area contributed by atoms with E-state index in [0.29, 0.717) is 30.8 Å². The molecule has 0 saturated carbocycles. The minimum Gasteiger partial charge on any atom is -0.349 e. The van der Waals surface area contributed by atoms with E-state index >= 15 is 0 Å². The van der Waals surface area contributed by atoms with Gasteiger partial charge in [-0.2, -0.15) is 0 Å². The van der Waals surface area contributed by atoms with Crippen molar-refractivity contribution >= 4 is 5.91 Å². The lowest BCUT2D eigenvalue weighted by molar-refractivity contribution is -0.121. The van der Waals surface area contributed by atoms with E-state index in [1.165, 1.54) is 6.07 Å². The molecule has 1 atom stereocenters. The van der Waals surface area contributed by atoms with Crippen LogP contribution in [0.3, 0.4) is 0 Å². The molecule has 0 bridgehead atoms. The third-order valence-electron chi connectivity index (χ3n) is 4.35. The van der Waals surface area contributed by atoms with Crippen LogP contribution in [0.2, 0.25) is 0 Å². The first-order chi connectivity index (χ1) is 13.1. The second-order valence-corrected chi connectivity index (χ2v) is 6.54. The normalized spacial score (nSPS) is 11.7. The fourth-order valence-corrected chi connectivity index (χ4v) is 3.06. The third kappa shape index (κ3) is 5.64. The van der Waals surface area contributed by atoms with Crippen molar-refractivity contribution in [1.82, 2.24) is 15.3 Å². The van der Waals surface area contributed by atoms with Crippen molar-refractivity contribution < 1.29 is 4.79 Å². The molecule has 0 aliphatic carbocycles. The largest absolute Gasteiger partial charge is 0.349 e. The maximum atomic E-state index is 12.5. The average molecular weight is 361 g/mol. The summed E-state index contributed by atoms with van der Waals surface area (Å²) < 4.78 is 0. The molecular weight excluding hydrogens is 338 g/mol. The first-order valence-corrected chi connectivity index (χ1v) is 9.05. The van der Waals surface area contributed by atoms with Crippen LogP contribution < -0.4 is 10.9 Å². The molecule has 1 aromatic heterocycles. The van der Waals surface area contributed by atoms with Crippen molar-refractivity contribution in [3.63, 3.8) is 0 Å². The number of amides is 1. The lowest BCUT2D eigenvalue weighted by Gasteiger charge is -2.19. The van der Waals surface area contributed by atoms with Gasteiger partial charge in [-0.1, -0.05) is 60.7 Å². The molecule has 0 aliphatic rings. The number of aromatic amines is 1. The van der Waals surface area contributed by atoms with Gasteiger partial charge in [-0.25, -0.2) is 4.98 Å². The number of nitrogens with one attached hydrogen (secondary N) is 2. The standard InChI is InChI=1S/C22H23N3O2/c1-16-23-19(15-22(27)24-16)14-20(18-10-6-3-7-11-18)25-21(26)13-12-17-8-4-2-5-9-17/h2-11,15,20H,12-14H2,1H3,(H,25,26)(H,23,24,27)/t20-/m1/s1. The molecule has 0 fully saturated rings. The molecule has 3 rings (SSSR count). The highest BCUT2D eigenvalue weighted by molar-refractivity contribution is 5.76. The molecule has 0 saturated heterocycles. The molecule has 1 heterocycles. The van der Waals surface area contributed by atoms with Gasteiger partial charge in [0.1, 0.15) is 5.82 Å². The molecule has 3 aromatic rings. The van der Waals surface area contributed by atoms with Crippen LogP contribution in [0.15, 0.2) is 71.5 Å². The summed E-state index contributed by atoms with van der Waals surface area (Å²) in [7, 11) is 0. The fourth-order valence-electron chi connectivity index (χ4n) is 3.06. The first-order valence-electron chi connectivity index (χ1n) is 9.05. The SMILES string of the molecule is Cc1nc(C[C@@H](NC(=O)CCc2ccccc2)c2ccccc2)cc(=O)[nH]1. The van der Waals surface area contributed by atoms with Gasteiger partial charge in [-0.15, -0.1) is 0 Å². The zero-order valence-electron chi connectivity index (χ0n) is 15.3. The van der Waals surface area contributed by atoms with Crippen LogP contribution >= 0.6 is 0 Å². The average Bonchev–Trinajstić information content (AvgIpc) is 2.67. The molecule has 0 spiro atoms. The summed E-state index contributed by atoms with van der Waals surface area (Å²) in [5.41, 5.74) is 2.61. The van der Waals surface area contributed by atoms with Gasteiger partial charge in [0.15, 0.2) is 0 Å².